The first kappa shape index (κ1) is 14.3. The summed E-state index contributed by atoms with van der Waals surface area (Å²) in [6, 6.07) is 7.98. The molecule has 0 radical (unpaired) electrons. The van der Waals surface area contributed by atoms with Crippen molar-refractivity contribution in [2.45, 2.75) is 6.92 Å². The smallest absolute Gasteiger partial charge is 0.265 e. The summed E-state index contributed by atoms with van der Waals surface area (Å²) in [5.41, 5.74) is 6.34. The largest absolute Gasteiger partial charge is 0.320 e. The zero-order valence-electron chi connectivity index (χ0n) is 10.9. The quantitative estimate of drug-likeness (QED) is 0.835. The Morgan fingerprint density at radius 3 is 2.95 bits per heavy atom. The summed E-state index contributed by atoms with van der Waals surface area (Å²) in [5.74, 6) is 4.77. The van der Waals surface area contributed by atoms with Crippen LogP contribution < -0.4 is 11.1 Å². The molecule has 20 heavy (non-hydrogen) atoms. The minimum absolute atomic E-state index is 0.179. The van der Waals surface area contributed by atoms with Crippen molar-refractivity contribution < 1.29 is 9.18 Å². The second-order valence-corrected chi connectivity index (χ2v) is 5.19. The van der Waals surface area contributed by atoms with E-state index in [0.717, 1.165) is 10.4 Å². The Hall–Kier alpha value is -2.16. The van der Waals surface area contributed by atoms with Gasteiger partial charge in [-0.1, -0.05) is 17.9 Å². The fraction of sp³-hybridized carbons (Fsp3) is 0.133. The fourth-order valence-corrected chi connectivity index (χ4v) is 2.36. The average molecular weight is 288 g/mol. The molecule has 1 aromatic heterocycles. The number of rotatable bonds is 2. The number of amides is 1. The van der Waals surface area contributed by atoms with Gasteiger partial charge in [-0.3, -0.25) is 4.79 Å². The highest BCUT2D eigenvalue weighted by Crippen LogP contribution is 2.20. The number of thiophene rings is 1. The topological polar surface area (TPSA) is 55.1 Å². The van der Waals surface area contributed by atoms with Gasteiger partial charge in [-0.25, -0.2) is 4.39 Å². The minimum Gasteiger partial charge on any atom is -0.320 e. The van der Waals surface area contributed by atoms with Crippen LogP contribution in [0.1, 0.15) is 20.1 Å². The zero-order chi connectivity index (χ0) is 14.5. The molecule has 2 rings (SSSR count). The Kier molecular flexibility index (Phi) is 4.51. The van der Waals surface area contributed by atoms with E-state index in [1.165, 1.54) is 17.4 Å². The van der Waals surface area contributed by atoms with Crippen LogP contribution in [-0.4, -0.2) is 12.5 Å². The number of aryl methyl sites for hydroxylation is 1. The van der Waals surface area contributed by atoms with Crippen molar-refractivity contribution in [2.75, 3.05) is 11.9 Å². The van der Waals surface area contributed by atoms with Crippen LogP contribution in [0.4, 0.5) is 10.1 Å². The number of carbonyl (C=O) groups is 1. The number of halogens is 1. The molecule has 0 aliphatic carbocycles. The average Bonchev–Trinajstić information content (AvgIpc) is 2.89. The van der Waals surface area contributed by atoms with E-state index in [4.69, 9.17) is 5.73 Å². The van der Waals surface area contributed by atoms with Crippen LogP contribution in [0.5, 0.6) is 0 Å². The molecule has 0 fully saturated rings. The van der Waals surface area contributed by atoms with Crippen molar-refractivity contribution in [3.05, 3.63) is 51.5 Å². The van der Waals surface area contributed by atoms with Crippen molar-refractivity contribution in [1.82, 2.24) is 0 Å². The minimum atomic E-state index is -0.455. The molecule has 102 valence electrons. The molecule has 0 aliphatic heterocycles. The zero-order valence-corrected chi connectivity index (χ0v) is 11.7. The highest BCUT2D eigenvalue weighted by atomic mass is 32.1. The highest BCUT2D eigenvalue weighted by Gasteiger charge is 2.11. The van der Waals surface area contributed by atoms with E-state index in [-0.39, 0.29) is 18.1 Å². The number of benzene rings is 1. The first-order valence-corrected chi connectivity index (χ1v) is 6.78. The maximum Gasteiger partial charge on any atom is 0.265 e. The van der Waals surface area contributed by atoms with E-state index in [1.807, 2.05) is 6.92 Å². The van der Waals surface area contributed by atoms with E-state index in [1.54, 1.807) is 24.3 Å². The molecule has 0 saturated heterocycles. The predicted octanol–water partition coefficient (Wildman–Crippen LogP) is 2.76. The second kappa shape index (κ2) is 6.33. The van der Waals surface area contributed by atoms with Crippen LogP contribution in [0.3, 0.4) is 0 Å². The fourth-order valence-electron chi connectivity index (χ4n) is 1.58. The Morgan fingerprint density at radius 2 is 2.20 bits per heavy atom. The van der Waals surface area contributed by atoms with Gasteiger partial charge in [0.05, 0.1) is 22.0 Å². The molecule has 0 bridgehead atoms. The van der Waals surface area contributed by atoms with E-state index in [9.17, 15) is 9.18 Å². The Bertz CT molecular complexity index is 697. The third-order valence-electron chi connectivity index (χ3n) is 2.51. The summed E-state index contributed by atoms with van der Waals surface area (Å²) >= 11 is 1.25. The summed E-state index contributed by atoms with van der Waals surface area (Å²) in [6.45, 7) is 2.11. The van der Waals surface area contributed by atoms with Crippen LogP contribution in [0.25, 0.3) is 0 Å². The van der Waals surface area contributed by atoms with Gasteiger partial charge in [-0.05, 0) is 36.8 Å². The summed E-state index contributed by atoms with van der Waals surface area (Å²) in [7, 11) is 0. The number of nitrogens with one attached hydrogen (secondary N) is 1. The van der Waals surface area contributed by atoms with Gasteiger partial charge in [-0.15, -0.1) is 11.3 Å². The third kappa shape index (κ3) is 3.44. The lowest BCUT2D eigenvalue weighted by atomic mass is 10.2. The molecule has 0 atom stereocenters. The predicted molar refractivity (Wildman–Crippen MR) is 79.3 cm³/mol. The van der Waals surface area contributed by atoms with Crippen LogP contribution in [-0.2, 0) is 0 Å². The van der Waals surface area contributed by atoms with Gasteiger partial charge in [0.1, 0.15) is 5.82 Å². The molecule has 0 unspecified atom stereocenters. The van der Waals surface area contributed by atoms with Gasteiger partial charge >= 0.3 is 0 Å². The van der Waals surface area contributed by atoms with Gasteiger partial charge in [0, 0.05) is 0 Å². The Labute approximate surface area is 120 Å². The number of anilines is 1. The normalized spacial score (nSPS) is 9.75. The van der Waals surface area contributed by atoms with Crippen LogP contribution in [0, 0.1) is 24.6 Å². The van der Waals surface area contributed by atoms with E-state index >= 15 is 0 Å². The maximum atomic E-state index is 13.6. The van der Waals surface area contributed by atoms with Gasteiger partial charge in [0.2, 0.25) is 0 Å². The van der Waals surface area contributed by atoms with Gasteiger partial charge < -0.3 is 11.1 Å². The number of carbonyl (C=O) groups excluding carboxylic acids is 1. The van der Waals surface area contributed by atoms with Crippen molar-refractivity contribution in [2.24, 2.45) is 5.73 Å². The first-order valence-electron chi connectivity index (χ1n) is 5.96. The lowest BCUT2D eigenvalue weighted by Crippen LogP contribution is -2.11. The summed E-state index contributed by atoms with van der Waals surface area (Å²) in [4.78, 5) is 13.3. The molecule has 5 heteroatoms. The molecule has 3 nitrogen and oxygen atoms in total. The molecule has 3 N–H and O–H groups in total. The monoisotopic (exact) mass is 288 g/mol. The lowest BCUT2D eigenvalue weighted by Gasteiger charge is -2.05. The standard InChI is InChI=1S/C15H13FN2OS/c1-10-4-6-12(16)13(9-10)18-15(19)14-7-5-11(20-14)3-2-8-17/h4-7,9H,8,17H2,1H3,(H,18,19). The molecule has 1 aromatic carbocycles. The van der Waals surface area contributed by atoms with Gasteiger partial charge in [-0.2, -0.15) is 0 Å². The van der Waals surface area contributed by atoms with Crippen molar-refractivity contribution >= 4 is 22.9 Å². The van der Waals surface area contributed by atoms with E-state index < -0.39 is 5.82 Å². The molecule has 0 aliphatic rings. The van der Waals surface area contributed by atoms with E-state index in [2.05, 4.69) is 17.2 Å². The SMILES string of the molecule is Cc1ccc(F)c(NC(=O)c2ccc(C#CCN)s2)c1. The van der Waals surface area contributed by atoms with E-state index in [0.29, 0.717) is 4.88 Å². The van der Waals surface area contributed by atoms with Crippen LogP contribution in [0.2, 0.25) is 0 Å². The molecule has 0 spiro atoms. The maximum absolute atomic E-state index is 13.6. The Morgan fingerprint density at radius 1 is 1.40 bits per heavy atom. The highest BCUT2D eigenvalue weighted by molar-refractivity contribution is 7.14. The third-order valence-corrected chi connectivity index (χ3v) is 3.51. The van der Waals surface area contributed by atoms with Crippen molar-refractivity contribution in [3.8, 4) is 11.8 Å². The van der Waals surface area contributed by atoms with Gasteiger partial charge in [0.15, 0.2) is 0 Å². The van der Waals surface area contributed by atoms with Gasteiger partial charge in [0.25, 0.3) is 5.91 Å². The number of nitrogens with two attached hydrogens (primary N) is 1. The summed E-state index contributed by atoms with van der Waals surface area (Å²) < 4.78 is 13.6. The van der Waals surface area contributed by atoms with Crippen LogP contribution >= 0.6 is 11.3 Å². The molecule has 1 amide bonds. The second-order valence-electron chi connectivity index (χ2n) is 4.11. The molecule has 1 heterocycles. The lowest BCUT2D eigenvalue weighted by molar-refractivity contribution is 0.103. The number of hydrogen-bond donors (Lipinski definition) is 2. The number of hydrogen-bond acceptors (Lipinski definition) is 3. The van der Waals surface area contributed by atoms with Crippen molar-refractivity contribution in [3.63, 3.8) is 0 Å². The molecule has 2 aromatic rings. The molecular weight excluding hydrogens is 275 g/mol. The Balaban J connectivity index is 2.15. The molecular formula is C15H13FN2OS. The van der Waals surface area contributed by atoms with Crippen molar-refractivity contribution in [1.29, 1.82) is 0 Å². The summed E-state index contributed by atoms with van der Waals surface area (Å²) in [6.07, 6.45) is 0. The first-order chi connectivity index (χ1) is 9.60. The van der Waals surface area contributed by atoms with Crippen LogP contribution in [0.15, 0.2) is 30.3 Å². The summed E-state index contributed by atoms with van der Waals surface area (Å²) in [5, 5.41) is 2.56. The molecule has 0 saturated carbocycles.